The van der Waals surface area contributed by atoms with Crippen LogP contribution in [-0.2, 0) is 17.3 Å². The lowest BCUT2D eigenvalue weighted by molar-refractivity contribution is -0.143. The number of aromatic nitrogens is 3. The summed E-state index contributed by atoms with van der Waals surface area (Å²) < 4.78 is 1.68. The molecule has 2 aromatic rings. The molecule has 0 aliphatic heterocycles. The molecule has 94 valence electrons. The molecule has 1 heterocycles. The molecule has 1 aliphatic rings. The molecule has 1 aliphatic carbocycles. The Kier molecular flexibility index (Phi) is 2.36. The number of fused-ring (bicyclic) bond motifs is 1. The summed E-state index contributed by atoms with van der Waals surface area (Å²) in [6.45, 7) is 0. The number of nitrogens with zero attached hydrogens (tertiary/aromatic N) is 3. The Morgan fingerprint density at radius 3 is 2.78 bits per heavy atom. The Hall–Kier alpha value is -1.91. The van der Waals surface area contributed by atoms with Crippen LogP contribution in [0.5, 0.6) is 0 Å². The van der Waals surface area contributed by atoms with Crippen LogP contribution in [0.4, 0.5) is 0 Å². The quantitative estimate of drug-likeness (QED) is 0.877. The number of benzene rings is 1. The Balaban J connectivity index is 2.17. The fourth-order valence-electron chi connectivity index (χ4n) is 2.93. The smallest absolute Gasteiger partial charge is 0.314 e. The first-order chi connectivity index (χ1) is 8.63. The molecular weight excluding hydrogens is 230 g/mol. The zero-order chi connectivity index (χ0) is 12.8. The Bertz CT molecular complexity index is 612. The first kappa shape index (κ1) is 11.2. The second kappa shape index (κ2) is 3.80. The van der Waals surface area contributed by atoms with Gasteiger partial charge in [0.05, 0.1) is 10.9 Å². The monoisotopic (exact) mass is 245 g/mol. The Morgan fingerprint density at radius 1 is 1.39 bits per heavy atom. The molecule has 0 unspecified atom stereocenters. The van der Waals surface area contributed by atoms with Gasteiger partial charge in [-0.05, 0) is 30.5 Å². The minimum absolute atomic E-state index is 0.710. The summed E-state index contributed by atoms with van der Waals surface area (Å²) >= 11 is 0. The molecule has 0 bridgehead atoms. The number of rotatable bonds is 2. The summed E-state index contributed by atoms with van der Waals surface area (Å²) in [6, 6.07) is 5.67. The van der Waals surface area contributed by atoms with Gasteiger partial charge in [-0.25, -0.2) is 4.68 Å². The van der Waals surface area contributed by atoms with Gasteiger partial charge in [0.1, 0.15) is 5.52 Å². The van der Waals surface area contributed by atoms with Crippen LogP contribution in [0, 0.1) is 0 Å². The van der Waals surface area contributed by atoms with Gasteiger partial charge in [-0.1, -0.05) is 24.1 Å². The number of carbonyl (C=O) groups is 1. The fourth-order valence-corrected chi connectivity index (χ4v) is 2.93. The minimum atomic E-state index is -0.713. The van der Waals surface area contributed by atoms with Crippen LogP contribution in [0.15, 0.2) is 18.2 Å². The number of hydrogen-bond acceptors (Lipinski definition) is 3. The van der Waals surface area contributed by atoms with E-state index in [0.29, 0.717) is 0 Å². The van der Waals surface area contributed by atoms with E-state index < -0.39 is 11.4 Å². The second-order valence-corrected chi connectivity index (χ2v) is 5.01. The van der Waals surface area contributed by atoms with E-state index >= 15 is 0 Å². The molecule has 1 fully saturated rings. The molecule has 0 saturated heterocycles. The van der Waals surface area contributed by atoms with E-state index in [1.54, 1.807) is 4.68 Å². The minimum Gasteiger partial charge on any atom is -0.481 e. The predicted octanol–water partition coefficient (Wildman–Crippen LogP) is 1.86. The highest BCUT2D eigenvalue weighted by Crippen LogP contribution is 2.41. The second-order valence-electron chi connectivity index (χ2n) is 5.01. The van der Waals surface area contributed by atoms with Crippen LogP contribution >= 0.6 is 0 Å². The number of aliphatic carboxylic acids is 1. The van der Waals surface area contributed by atoms with Crippen LogP contribution in [-0.4, -0.2) is 26.1 Å². The molecule has 1 saturated carbocycles. The first-order valence-corrected chi connectivity index (χ1v) is 6.17. The van der Waals surface area contributed by atoms with Gasteiger partial charge in [0.15, 0.2) is 0 Å². The standard InChI is InChI=1S/C13H15N3O2/c1-16-11-8-9(4-5-10(11)14-15-16)13(12(17)18)6-2-3-7-13/h4-5,8H,2-3,6-7H2,1H3,(H,17,18). The molecule has 18 heavy (non-hydrogen) atoms. The number of carboxylic acids is 1. The Labute approximate surface area is 104 Å². The zero-order valence-corrected chi connectivity index (χ0v) is 10.3. The van der Waals surface area contributed by atoms with Crippen molar-refractivity contribution < 1.29 is 9.90 Å². The van der Waals surface area contributed by atoms with Crippen molar-refractivity contribution in [1.82, 2.24) is 15.0 Å². The maximum absolute atomic E-state index is 11.6. The molecule has 5 heteroatoms. The highest BCUT2D eigenvalue weighted by atomic mass is 16.4. The maximum Gasteiger partial charge on any atom is 0.314 e. The average molecular weight is 245 g/mol. The molecule has 1 N–H and O–H groups in total. The van der Waals surface area contributed by atoms with E-state index in [4.69, 9.17) is 0 Å². The van der Waals surface area contributed by atoms with Gasteiger partial charge in [-0.15, -0.1) is 5.10 Å². The number of carboxylic acid groups (broad SMARTS) is 1. The van der Waals surface area contributed by atoms with Crippen LogP contribution in [0.25, 0.3) is 11.0 Å². The topological polar surface area (TPSA) is 68.0 Å². The van der Waals surface area contributed by atoms with Crippen molar-refractivity contribution in [3.05, 3.63) is 23.8 Å². The summed E-state index contributed by atoms with van der Waals surface area (Å²) in [5, 5.41) is 17.5. The van der Waals surface area contributed by atoms with Gasteiger partial charge in [0.2, 0.25) is 0 Å². The summed E-state index contributed by atoms with van der Waals surface area (Å²) in [5.41, 5.74) is 1.86. The average Bonchev–Trinajstić information content (AvgIpc) is 2.97. The zero-order valence-electron chi connectivity index (χ0n) is 10.3. The molecule has 0 amide bonds. The molecule has 5 nitrogen and oxygen atoms in total. The lowest BCUT2D eigenvalue weighted by Crippen LogP contribution is -2.32. The lowest BCUT2D eigenvalue weighted by Gasteiger charge is -2.24. The fraction of sp³-hybridized carbons (Fsp3) is 0.462. The van der Waals surface area contributed by atoms with E-state index in [9.17, 15) is 9.90 Å². The van der Waals surface area contributed by atoms with E-state index in [2.05, 4.69) is 10.3 Å². The number of hydrogen-bond donors (Lipinski definition) is 1. The molecule has 0 spiro atoms. The van der Waals surface area contributed by atoms with Crippen LogP contribution in [0.1, 0.15) is 31.2 Å². The van der Waals surface area contributed by atoms with Crippen molar-refractivity contribution in [3.63, 3.8) is 0 Å². The van der Waals surface area contributed by atoms with E-state index in [1.807, 2.05) is 25.2 Å². The largest absolute Gasteiger partial charge is 0.481 e. The first-order valence-electron chi connectivity index (χ1n) is 6.17. The number of aryl methyl sites for hydroxylation is 1. The summed E-state index contributed by atoms with van der Waals surface area (Å²) in [7, 11) is 1.82. The van der Waals surface area contributed by atoms with Crippen molar-refractivity contribution in [2.45, 2.75) is 31.1 Å². The molecular formula is C13H15N3O2. The van der Waals surface area contributed by atoms with E-state index in [0.717, 1.165) is 42.3 Å². The van der Waals surface area contributed by atoms with Gasteiger partial charge in [0.25, 0.3) is 0 Å². The predicted molar refractivity (Wildman–Crippen MR) is 66.3 cm³/mol. The molecule has 0 radical (unpaired) electrons. The summed E-state index contributed by atoms with van der Waals surface area (Å²) in [6.07, 6.45) is 3.40. The molecule has 3 rings (SSSR count). The highest BCUT2D eigenvalue weighted by molar-refractivity contribution is 5.84. The molecule has 0 atom stereocenters. The lowest BCUT2D eigenvalue weighted by atomic mass is 9.79. The van der Waals surface area contributed by atoms with Crippen LogP contribution in [0.3, 0.4) is 0 Å². The van der Waals surface area contributed by atoms with Gasteiger partial charge in [-0.3, -0.25) is 4.79 Å². The van der Waals surface area contributed by atoms with Crippen LogP contribution < -0.4 is 0 Å². The van der Waals surface area contributed by atoms with Crippen molar-refractivity contribution in [3.8, 4) is 0 Å². The summed E-state index contributed by atoms with van der Waals surface area (Å²) in [5.74, 6) is -0.713. The Morgan fingerprint density at radius 2 is 2.11 bits per heavy atom. The van der Waals surface area contributed by atoms with Gasteiger partial charge < -0.3 is 5.11 Å². The molecule has 1 aromatic carbocycles. The van der Waals surface area contributed by atoms with Gasteiger partial charge in [0, 0.05) is 7.05 Å². The molecule has 1 aromatic heterocycles. The maximum atomic E-state index is 11.6. The SMILES string of the molecule is Cn1nnc2ccc(C3(C(=O)O)CCCC3)cc21. The third-order valence-corrected chi connectivity index (χ3v) is 4.03. The van der Waals surface area contributed by atoms with Crippen molar-refractivity contribution in [1.29, 1.82) is 0 Å². The van der Waals surface area contributed by atoms with Crippen LogP contribution in [0.2, 0.25) is 0 Å². The third kappa shape index (κ3) is 1.43. The van der Waals surface area contributed by atoms with Gasteiger partial charge in [-0.2, -0.15) is 0 Å². The summed E-state index contributed by atoms with van der Waals surface area (Å²) in [4.78, 5) is 11.6. The normalized spacial score (nSPS) is 18.3. The van der Waals surface area contributed by atoms with E-state index in [-0.39, 0.29) is 0 Å². The van der Waals surface area contributed by atoms with Crippen molar-refractivity contribution in [2.24, 2.45) is 7.05 Å². The highest BCUT2D eigenvalue weighted by Gasteiger charge is 2.43. The third-order valence-electron chi connectivity index (χ3n) is 4.03. The van der Waals surface area contributed by atoms with Gasteiger partial charge >= 0.3 is 5.97 Å². The van der Waals surface area contributed by atoms with Crippen molar-refractivity contribution in [2.75, 3.05) is 0 Å². The van der Waals surface area contributed by atoms with E-state index in [1.165, 1.54) is 0 Å². The van der Waals surface area contributed by atoms with Crippen molar-refractivity contribution >= 4 is 17.0 Å².